The van der Waals surface area contributed by atoms with Crippen LogP contribution in [0.25, 0.3) is 33.7 Å². The van der Waals surface area contributed by atoms with Gasteiger partial charge in [0.15, 0.2) is 4.90 Å². The van der Waals surface area contributed by atoms with E-state index in [1.165, 1.54) is 0 Å². The normalized spacial score (nSPS) is 14.0. The van der Waals surface area contributed by atoms with Crippen molar-refractivity contribution in [3.8, 4) is 11.1 Å². The predicted octanol–water partition coefficient (Wildman–Crippen LogP) is 6.58. The van der Waals surface area contributed by atoms with Crippen LogP contribution in [0.15, 0.2) is 96.3 Å². The molecule has 2 heterocycles. The maximum atomic E-state index is 12.6. The SMILES string of the molecule is Cn1ccnc1C(=Cc1cccc(-c2cc(C(C)(C)[S+](C)[O-])cc3cccnc23)c1)c1ccc([S+](C)[O-])cc1. The number of benzene rings is 3. The maximum absolute atomic E-state index is 12.6. The van der Waals surface area contributed by atoms with Gasteiger partial charge in [-0.05, 0) is 107 Å². The van der Waals surface area contributed by atoms with Gasteiger partial charge in [0.25, 0.3) is 0 Å². The zero-order valence-electron chi connectivity index (χ0n) is 22.7. The molecule has 0 spiro atoms. The zero-order chi connectivity index (χ0) is 27.7. The molecule has 0 aliphatic heterocycles. The minimum Gasteiger partial charge on any atom is -0.616 e. The maximum Gasteiger partial charge on any atom is 0.152 e. The van der Waals surface area contributed by atoms with E-state index in [2.05, 4.69) is 47.5 Å². The van der Waals surface area contributed by atoms with Crippen molar-refractivity contribution in [3.05, 3.63) is 114 Å². The van der Waals surface area contributed by atoms with E-state index in [4.69, 9.17) is 4.98 Å². The highest BCUT2D eigenvalue weighted by molar-refractivity contribution is 7.91. The fourth-order valence-corrected chi connectivity index (χ4v) is 5.59. The Hall–Kier alpha value is -3.36. The molecule has 7 heteroatoms. The monoisotopic (exact) mass is 553 g/mol. The molecule has 0 fully saturated rings. The summed E-state index contributed by atoms with van der Waals surface area (Å²) in [6.45, 7) is 4.03. The second kappa shape index (κ2) is 11.0. The van der Waals surface area contributed by atoms with Crippen LogP contribution in [0.5, 0.6) is 0 Å². The molecule has 0 amide bonds. The van der Waals surface area contributed by atoms with Gasteiger partial charge in [-0.15, -0.1) is 0 Å². The number of pyridine rings is 1. The van der Waals surface area contributed by atoms with Gasteiger partial charge in [-0.3, -0.25) is 4.98 Å². The molecule has 0 radical (unpaired) electrons. The van der Waals surface area contributed by atoms with Crippen LogP contribution in [0.4, 0.5) is 0 Å². The van der Waals surface area contributed by atoms with Crippen molar-refractivity contribution in [3.63, 3.8) is 0 Å². The van der Waals surface area contributed by atoms with Crippen LogP contribution in [0.1, 0.15) is 36.4 Å². The molecule has 3 aromatic carbocycles. The Kier molecular flexibility index (Phi) is 7.69. The summed E-state index contributed by atoms with van der Waals surface area (Å²) >= 11 is -2.09. The van der Waals surface area contributed by atoms with Crippen LogP contribution in [0.3, 0.4) is 0 Å². The molecule has 0 bridgehead atoms. The van der Waals surface area contributed by atoms with E-state index >= 15 is 0 Å². The van der Waals surface area contributed by atoms with Gasteiger partial charge in [0, 0.05) is 47.7 Å². The molecule has 0 aliphatic rings. The molecule has 2 unspecified atom stereocenters. The number of aromatic nitrogens is 3. The summed E-state index contributed by atoms with van der Waals surface area (Å²) in [5.74, 6) is 0.840. The van der Waals surface area contributed by atoms with Crippen LogP contribution in [0, 0.1) is 0 Å². The molecule has 5 aromatic rings. The van der Waals surface area contributed by atoms with Crippen molar-refractivity contribution in [1.29, 1.82) is 0 Å². The highest BCUT2D eigenvalue weighted by Gasteiger charge is 2.31. The number of nitrogens with zero attached hydrogens (tertiary/aromatic N) is 3. The summed E-state index contributed by atoms with van der Waals surface area (Å²) in [6, 6.07) is 24.4. The first-order chi connectivity index (χ1) is 18.6. The van der Waals surface area contributed by atoms with Crippen LogP contribution >= 0.6 is 0 Å². The topological polar surface area (TPSA) is 76.8 Å². The summed E-state index contributed by atoms with van der Waals surface area (Å²) in [6.07, 6.45) is 11.1. The Morgan fingerprint density at radius 2 is 1.67 bits per heavy atom. The largest absolute Gasteiger partial charge is 0.616 e. The Balaban J connectivity index is 1.66. The minimum atomic E-state index is -1.05. The van der Waals surface area contributed by atoms with Gasteiger partial charge in [0.2, 0.25) is 0 Å². The van der Waals surface area contributed by atoms with Crippen molar-refractivity contribution in [1.82, 2.24) is 14.5 Å². The lowest BCUT2D eigenvalue weighted by atomic mass is 9.92. The van der Waals surface area contributed by atoms with E-state index < -0.39 is 27.1 Å². The van der Waals surface area contributed by atoms with E-state index in [1.807, 2.05) is 74.3 Å². The third kappa shape index (κ3) is 5.54. The summed E-state index contributed by atoms with van der Waals surface area (Å²) in [4.78, 5) is 10.1. The zero-order valence-corrected chi connectivity index (χ0v) is 24.3. The lowest BCUT2D eigenvalue weighted by molar-refractivity contribution is 0.561. The van der Waals surface area contributed by atoms with Gasteiger partial charge in [0.1, 0.15) is 16.8 Å². The van der Waals surface area contributed by atoms with Crippen molar-refractivity contribution in [2.45, 2.75) is 23.5 Å². The van der Waals surface area contributed by atoms with Gasteiger partial charge in [0.05, 0.1) is 11.8 Å². The lowest BCUT2D eigenvalue weighted by Gasteiger charge is -2.27. The Bertz CT molecular complexity index is 1650. The second-order valence-corrected chi connectivity index (χ2v) is 13.4. The van der Waals surface area contributed by atoms with Crippen molar-refractivity contribution < 1.29 is 9.11 Å². The highest BCUT2D eigenvalue weighted by atomic mass is 32.2. The second-order valence-electron chi connectivity index (χ2n) is 10.1. The minimum absolute atomic E-state index is 0.504. The first-order valence-corrected chi connectivity index (χ1v) is 15.7. The molecule has 0 saturated carbocycles. The van der Waals surface area contributed by atoms with E-state index in [0.29, 0.717) is 0 Å². The Morgan fingerprint density at radius 1 is 0.897 bits per heavy atom. The number of fused-ring (bicyclic) bond motifs is 1. The van der Waals surface area contributed by atoms with Crippen LogP contribution in [0.2, 0.25) is 0 Å². The number of rotatable bonds is 7. The Labute approximate surface area is 236 Å². The number of hydrogen-bond donors (Lipinski definition) is 0. The third-order valence-electron chi connectivity index (χ3n) is 7.19. The predicted molar refractivity (Wildman–Crippen MR) is 163 cm³/mol. The number of aryl methyl sites for hydroxylation is 1. The van der Waals surface area contributed by atoms with Crippen molar-refractivity contribution >= 4 is 44.9 Å². The van der Waals surface area contributed by atoms with E-state index in [0.717, 1.165) is 55.0 Å². The molecule has 198 valence electrons. The first kappa shape index (κ1) is 27.2. The van der Waals surface area contributed by atoms with Crippen LogP contribution < -0.4 is 0 Å². The molecule has 39 heavy (non-hydrogen) atoms. The molecule has 2 aromatic heterocycles. The van der Waals surface area contributed by atoms with E-state index in [-0.39, 0.29) is 0 Å². The first-order valence-electron chi connectivity index (χ1n) is 12.6. The molecule has 0 aliphatic carbocycles. The fraction of sp³-hybridized carbons (Fsp3) is 0.188. The average molecular weight is 554 g/mol. The molecule has 0 saturated heterocycles. The Morgan fingerprint density at radius 3 is 2.33 bits per heavy atom. The average Bonchev–Trinajstić information content (AvgIpc) is 3.36. The molecular formula is C32H31N3O2S2. The summed E-state index contributed by atoms with van der Waals surface area (Å²) in [7, 11) is 1.98. The molecule has 5 rings (SSSR count). The molecule has 5 nitrogen and oxygen atoms in total. The number of hydrogen-bond acceptors (Lipinski definition) is 4. The standard InChI is InChI=1S/C32H31N3O2S2/c1-32(2,39(5)37)26-20-25-10-7-15-33-30(25)28(21-26)24-9-6-8-22(18-24)19-29(31-34-16-17-35(31)3)23-11-13-27(14-12-23)38(4)36/h6-21H,1-5H3. The van der Waals surface area contributed by atoms with E-state index in [9.17, 15) is 9.11 Å². The van der Waals surface area contributed by atoms with Crippen molar-refractivity contribution in [2.24, 2.45) is 7.05 Å². The van der Waals surface area contributed by atoms with Crippen LogP contribution in [-0.4, -0.2) is 36.2 Å². The molecular weight excluding hydrogens is 523 g/mol. The van der Waals surface area contributed by atoms with Crippen molar-refractivity contribution in [2.75, 3.05) is 12.5 Å². The quantitative estimate of drug-likeness (QED) is 0.169. The summed E-state index contributed by atoms with van der Waals surface area (Å²) in [5, 5.41) is 1.02. The fourth-order valence-electron chi connectivity index (χ4n) is 4.62. The lowest BCUT2D eigenvalue weighted by Crippen LogP contribution is -2.28. The van der Waals surface area contributed by atoms with Crippen LogP contribution in [-0.2, 0) is 34.1 Å². The molecule has 0 N–H and O–H groups in total. The number of imidazole rings is 1. The van der Waals surface area contributed by atoms with Gasteiger partial charge in [-0.2, -0.15) is 0 Å². The highest BCUT2D eigenvalue weighted by Crippen LogP contribution is 2.37. The van der Waals surface area contributed by atoms with Gasteiger partial charge in [-0.1, -0.05) is 24.3 Å². The smallest absolute Gasteiger partial charge is 0.152 e. The van der Waals surface area contributed by atoms with E-state index in [1.54, 1.807) is 18.7 Å². The molecule has 2 atom stereocenters. The summed E-state index contributed by atoms with van der Waals surface area (Å²) in [5.41, 5.74) is 6.93. The summed E-state index contributed by atoms with van der Waals surface area (Å²) < 4.78 is 26.1. The van der Waals surface area contributed by atoms with Gasteiger partial charge < -0.3 is 13.7 Å². The third-order valence-corrected chi connectivity index (χ3v) is 9.80. The van der Waals surface area contributed by atoms with Gasteiger partial charge in [-0.25, -0.2) is 4.98 Å². The van der Waals surface area contributed by atoms with Gasteiger partial charge >= 0.3 is 0 Å².